The van der Waals surface area contributed by atoms with Gasteiger partial charge in [0.25, 0.3) is 0 Å². The van der Waals surface area contributed by atoms with Crippen LogP contribution < -0.4 is 15.5 Å². The first kappa shape index (κ1) is 23.7. The molecule has 2 N–H and O–H groups in total. The van der Waals surface area contributed by atoms with E-state index in [0.717, 1.165) is 35.7 Å². The number of carbonyl (C=O) groups is 2. The summed E-state index contributed by atoms with van der Waals surface area (Å²) in [7, 11) is 0. The number of carbonyl (C=O) groups excluding carboxylic acids is 2. The van der Waals surface area contributed by atoms with E-state index in [0.29, 0.717) is 50.8 Å². The van der Waals surface area contributed by atoms with E-state index in [1.54, 1.807) is 4.90 Å². The molecule has 2 aliphatic rings. The molecule has 182 valence electrons. The number of aromatic nitrogens is 2. The SMILES string of the molecule is CCNC(=O)Nc1ccc(-c2nc3c(c(N4CCOCC4)n2)CN(C(=O)OC(C)C)CC3)cc1. The van der Waals surface area contributed by atoms with Gasteiger partial charge in [-0.15, -0.1) is 0 Å². The van der Waals surface area contributed by atoms with E-state index < -0.39 is 0 Å². The second kappa shape index (κ2) is 10.7. The van der Waals surface area contributed by atoms with Crippen molar-refractivity contribution in [3.8, 4) is 11.4 Å². The number of nitrogens with zero attached hydrogens (tertiary/aromatic N) is 4. The molecule has 0 atom stereocenters. The average Bonchev–Trinajstić information content (AvgIpc) is 2.84. The van der Waals surface area contributed by atoms with Crippen molar-refractivity contribution in [1.29, 1.82) is 0 Å². The molecule has 1 fully saturated rings. The second-order valence-electron chi connectivity index (χ2n) is 8.56. The van der Waals surface area contributed by atoms with Crippen LogP contribution in [-0.2, 0) is 22.4 Å². The van der Waals surface area contributed by atoms with Gasteiger partial charge in [0, 0.05) is 49.4 Å². The highest BCUT2D eigenvalue weighted by Gasteiger charge is 2.29. The summed E-state index contributed by atoms with van der Waals surface area (Å²) in [5.41, 5.74) is 3.47. The summed E-state index contributed by atoms with van der Waals surface area (Å²) in [6.07, 6.45) is 0.149. The van der Waals surface area contributed by atoms with Crippen molar-refractivity contribution in [2.75, 3.05) is 49.6 Å². The lowest BCUT2D eigenvalue weighted by atomic mass is 10.0. The van der Waals surface area contributed by atoms with Crippen LogP contribution >= 0.6 is 0 Å². The third-order valence-corrected chi connectivity index (χ3v) is 5.68. The number of hydrogen-bond donors (Lipinski definition) is 2. The normalized spacial score (nSPS) is 15.6. The van der Waals surface area contributed by atoms with Crippen molar-refractivity contribution in [1.82, 2.24) is 20.2 Å². The maximum absolute atomic E-state index is 12.5. The molecule has 1 aromatic carbocycles. The molecule has 3 heterocycles. The van der Waals surface area contributed by atoms with E-state index >= 15 is 0 Å². The Hall–Kier alpha value is -3.40. The van der Waals surface area contributed by atoms with Crippen LogP contribution in [-0.4, -0.2) is 72.5 Å². The van der Waals surface area contributed by atoms with Gasteiger partial charge in [-0.25, -0.2) is 19.6 Å². The molecule has 0 radical (unpaired) electrons. The van der Waals surface area contributed by atoms with Crippen molar-refractivity contribution < 1.29 is 19.1 Å². The van der Waals surface area contributed by atoms with E-state index in [1.807, 2.05) is 45.0 Å². The Morgan fingerprint density at radius 3 is 2.53 bits per heavy atom. The van der Waals surface area contributed by atoms with E-state index in [4.69, 9.17) is 19.4 Å². The molecule has 0 saturated carbocycles. The van der Waals surface area contributed by atoms with Crippen molar-refractivity contribution in [2.24, 2.45) is 0 Å². The summed E-state index contributed by atoms with van der Waals surface area (Å²) in [4.78, 5) is 38.0. The van der Waals surface area contributed by atoms with Crippen molar-refractivity contribution in [3.63, 3.8) is 0 Å². The van der Waals surface area contributed by atoms with Crippen LogP contribution in [0.25, 0.3) is 11.4 Å². The van der Waals surface area contributed by atoms with E-state index in [-0.39, 0.29) is 18.2 Å². The fraction of sp³-hybridized carbons (Fsp3) is 0.500. The third kappa shape index (κ3) is 5.56. The number of amides is 3. The Bertz CT molecular complexity index is 1020. The van der Waals surface area contributed by atoms with Gasteiger partial charge in [0.15, 0.2) is 5.82 Å². The van der Waals surface area contributed by atoms with Crippen molar-refractivity contribution in [3.05, 3.63) is 35.5 Å². The molecule has 4 rings (SSSR count). The fourth-order valence-electron chi connectivity index (χ4n) is 4.03. The Morgan fingerprint density at radius 2 is 1.85 bits per heavy atom. The lowest BCUT2D eigenvalue weighted by molar-refractivity contribution is 0.0727. The molecule has 0 unspecified atom stereocenters. The fourth-order valence-corrected chi connectivity index (χ4v) is 4.03. The first-order valence-corrected chi connectivity index (χ1v) is 11.8. The van der Waals surface area contributed by atoms with Gasteiger partial charge in [-0.05, 0) is 45.0 Å². The topological polar surface area (TPSA) is 109 Å². The van der Waals surface area contributed by atoms with Gasteiger partial charge in [-0.1, -0.05) is 0 Å². The minimum atomic E-state index is -0.312. The van der Waals surface area contributed by atoms with E-state index in [1.165, 1.54) is 0 Å². The third-order valence-electron chi connectivity index (χ3n) is 5.68. The number of rotatable bonds is 5. The summed E-state index contributed by atoms with van der Waals surface area (Å²) in [6, 6.07) is 7.25. The minimum Gasteiger partial charge on any atom is -0.447 e. The zero-order valence-corrected chi connectivity index (χ0v) is 20.0. The quantitative estimate of drug-likeness (QED) is 0.694. The highest BCUT2D eigenvalue weighted by Crippen LogP contribution is 2.31. The maximum Gasteiger partial charge on any atom is 0.410 e. The van der Waals surface area contributed by atoms with Crippen molar-refractivity contribution in [2.45, 2.75) is 39.8 Å². The Kier molecular flexibility index (Phi) is 7.46. The summed E-state index contributed by atoms with van der Waals surface area (Å²) in [5.74, 6) is 1.47. The molecular weight excluding hydrogens is 436 g/mol. The van der Waals surface area contributed by atoms with E-state index in [9.17, 15) is 9.59 Å². The van der Waals surface area contributed by atoms with Gasteiger partial charge >= 0.3 is 12.1 Å². The van der Waals surface area contributed by atoms with Crippen LogP contribution in [0.3, 0.4) is 0 Å². The lowest BCUT2D eigenvalue weighted by Crippen LogP contribution is -2.41. The first-order chi connectivity index (χ1) is 16.4. The number of nitrogens with one attached hydrogen (secondary N) is 2. The first-order valence-electron chi connectivity index (χ1n) is 11.8. The highest BCUT2D eigenvalue weighted by molar-refractivity contribution is 5.89. The van der Waals surface area contributed by atoms with Crippen LogP contribution in [0.5, 0.6) is 0 Å². The Morgan fingerprint density at radius 1 is 1.12 bits per heavy atom. The number of urea groups is 1. The molecule has 10 nitrogen and oxygen atoms in total. The van der Waals surface area contributed by atoms with Gasteiger partial charge in [0.2, 0.25) is 0 Å². The van der Waals surface area contributed by atoms with Crippen LogP contribution in [0, 0.1) is 0 Å². The smallest absolute Gasteiger partial charge is 0.410 e. The van der Waals surface area contributed by atoms with Gasteiger partial charge in [-0.2, -0.15) is 0 Å². The predicted octanol–water partition coefficient (Wildman–Crippen LogP) is 3.02. The van der Waals surface area contributed by atoms with E-state index in [2.05, 4.69) is 15.5 Å². The Balaban J connectivity index is 1.63. The zero-order chi connectivity index (χ0) is 24.1. The average molecular weight is 469 g/mol. The molecule has 0 aliphatic carbocycles. The molecule has 1 aromatic heterocycles. The molecule has 34 heavy (non-hydrogen) atoms. The molecule has 3 amide bonds. The summed E-state index contributed by atoms with van der Waals surface area (Å²) < 4.78 is 11.0. The number of fused-ring (bicyclic) bond motifs is 1. The lowest BCUT2D eigenvalue weighted by Gasteiger charge is -2.34. The van der Waals surface area contributed by atoms with Crippen LogP contribution in [0.15, 0.2) is 24.3 Å². The minimum absolute atomic E-state index is 0.170. The number of benzene rings is 1. The predicted molar refractivity (Wildman–Crippen MR) is 129 cm³/mol. The monoisotopic (exact) mass is 468 g/mol. The van der Waals surface area contributed by atoms with Crippen LogP contribution in [0.2, 0.25) is 0 Å². The largest absolute Gasteiger partial charge is 0.447 e. The molecule has 0 spiro atoms. The second-order valence-corrected chi connectivity index (χ2v) is 8.56. The summed E-state index contributed by atoms with van der Waals surface area (Å²) in [6.45, 7) is 9.82. The van der Waals surface area contributed by atoms with Gasteiger partial charge in [0.1, 0.15) is 5.82 Å². The van der Waals surface area contributed by atoms with Crippen LogP contribution in [0.4, 0.5) is 21.1 Å². The molecule has 2 aliphatic heterocycles. The number of hydrogen-bond acceptors (Lipinski definition) is 7. The highest BCUT2D eigenvalue weighted by atomic mass is 16.6. The number of anilines is 2. The number of ether oxygens (including phenoxy) is 2. The van der Waals surface area contributed by atoms with Gasteiger partial charge in [0.05, 0.1) is 31.6 Å². The molecular formula is C24H32N6O4. The van der Waals surface area contributed by atoms with Crippen molar-refractivity contribution >= 4 is 23.6 Å². The Labute approximate surface area is 199 Å². The standard InChI is InChI=1S/C24H32N6O4/c1-4-25-23(31)26-18-7-5-17(6-8-18)21-27-20-9-10-30(24(32)34-16(2)3)15-19(20)22(28-21)29-11-13-33-14-12-29/h5-8,16H,4,9-15H2,1-3H3,(H2,25,26,31). The molecule has 1 saturated heterocycles. The number of morpholine rings is 1. The maximum atomic E-state index is 12.5. The zero-order valence-electron chi connectivity index (χ0n) is 20.0. The molecule has 0 bridgehead atoms. The molecule has 10 heteroatoms. The van der Waals surface area contributed by atoms with Gasteiger partial charge < -0.3 is 29.9 Å². The summed E-state index contributed by atoms with van der Waals surface area (Å²) in [5, 5.41) is 5.51. The molecule has 2 aromatic rings. The van der Waals surface area contributed by atoms with Crippen LogP contribution in [0.1, 0.15) is 32.0 Å². The van der Waals surface area contributed by atoms with Gasteiger partial charge in [-0.3, -0.25) is 0 Å². The summed E-state index contributed by atoms with van der Waals surface area (Å²) >= 11 is 0.